The van der Waals surface area contributed by atoms with E-state index in [9.17, 15) is 19.3 Å². The average Bonchev–Trinajstić information content (AvgIpc) is 2.28. The summed E-state index contributed by atoms with van der Waals surface area (Å²) in [7, 11) is 1.71. The van der Waals surface area contributed by atoms with E-state index >= 15 is 0 Å². The largest absolute Gasteiger partial charge is 0.325 e. The molecule has 1 unspecified atom stereocenters. The SMILES string of the molecule is CNCC(C)C(=O)Nc1cc(F)cc([N+](=O)[O-])c1. The summed E-state index contributed by atoms with van der Waals surface area (Å²) in [5.74, 6) is -1.41. The van der Waals surface area contributed by atoms with Crippen LogP contribution >= 0.6 is 0 Å². The first-order valence-corrected chi connectivity index (χ1v) is 5.34. The average molecular weight is 255 g/mol. The highest BCUT2D eigenvalue weighted by Gasteiger charge is 2.15. The maximum absolute atomic E-state index is 13.1. The lowest BCUT2D eigenvalue weighted by Gasteiger charge is -2.11. The Morgan fingerprint density at radius 3 is 2.72 bits per heavy atom. The van der Waals surface area contributed by atoms with Crippen molar-refractivity contribution in [3.05, 3.63) is 34.1 Å². The Balaban J connectivity index is 2.84. The number of nitrogens with one attached hydrogen (secondary N) is 2. The Morgan fingerprint density at radius 2 is 2.17 bits per heavy atom. The van der Waals surface area contributed by atoms with Crippen LogP contribution in [0.15, 0.2) is 18.2 Å². The number of halogens is 1. The monoisotopic (exact) mass is 255 g/mol. The zero-order valence-corrected chi connectivity index (χ0v) is 10.1. The molecule has 1 aromatic rings. The Kier molecular flexibility index (Phi) is 4.73. The van der Waals surface area contributed by atoms with Gasteiger partial charge in [-0.15, -0.1) is 0 Å². The van der Waals surface area contributed by atoms with Crippen LogP contribution in [0.25, 0.3) is 0 Å². The number of carbonyl (C=O) groups is 1. The molecule has 1 atom stereocenters. The molecule has 0 bridgehead atoms. The molecule has 98 valence electrons. The normalized spacial score (nSPS) is 11.9. The molecule has 0 spiro atoms. The minimum Gasteiger partial charge on any atom is -0.325 e. The molecule has 0 saturated carbocycles. The van der Waals surface area contributed by atoms with E-state index in [0.29, 0.717) is 6.54 Å². The number of amides is 1. The minimum atomic E-state index is -0.763. The standard InChI is InChI=1S/C11H14FN3O3/c1-7(6-13-2)11(16)14-9-3-8(12)4-10(5-9)15(17)18/h3-5,7,13H,6H2,1-2H3,(H,14,16). The molecule has 0 heterocycles. The second kappa shape index (κ2) is 6.06. The molecule has 18 heavy (non-hydrogen) atoms. The van der Waals surface area contributed by atoms with Crippen molar-refractivity contribution >= 4 is 17.3 Å². The number of nitro groups is 1. The third-order valence-electron chi connectivity index (χ3n) is 2.32. The summed E-state index contributed by atoms with van der Waals surface area (Å²) in [5.41, 5.74) is -0.318. The molecular weight excluding hydrogens is 241 g/mol. The topological polar surface area (TPSA) is 84.3 Å². The summed E-state index contributed by atoms with van der Waals surface area (Å²) in [6.45, 7) is 2.16. The number of anilines is 1. The maximum atomic E-state index is 13.1. The first-order valence-electron chi connectivity index (χ1n) is 5.34. The van der Waals surface area contributed by atoms with Gasteiger partial charge in [0, 0.05) is 18.5 Å². The molecule has 0 radical (unpaired) electrons. The first kappa shape index (κ1) is 14.0. The summed E-state index contributed by atoms with van der Waals surface area (Å²) >= 11 is 0. The number of nitrogens with zero attached hydrogens (tertiary/aromatic N) is 1. The summed E-state index contributed by atoms with van der Waals surface area (Å²) < 4.78 is 13.1. The van der Waals surface area contributed by atoms with Crippen LogP contribution < -0.4 is 10.6 Å². The molecule has 1 aromatic carbocycles. The number of carbonyl (C=O) groups excluding carboxylic acids is 1. The van der Waals surface area contributed by atoms with Crippen molar-refractivity contribution in [2.24, 2.45) is 5.92 Å². The van der Waals surface area contributed by atoms with Crippen LogP contribution in [0.2, 0.25) is 0 Å². The van der Waals surface area contributed by atoms with E-state index in [1.807, 2.05) is 0 Å². The molecule has 7 heteroatoms. The maximum Gasteiger partial charge on any atom is 0.274 e. The summed E-state index contributed by atoms with van der Waals surface area (Å²) in [4.78, 5) is 21.5. The third kappa shape index (κ3) is 3.77. The molecule has 1 amide bonds. The zero-order chi connectivity index (χ0) is 13.7. The Hall–Kier alpha value is -2.02. The molecule has 0 aliphatic heterocycles. The van der Waals surface area contributed by atoms with E-state index in [1.54, 1.807) is 14.0 Å². The van der Waals surface area contributed by atoms with Crippen molar-refractivity contribution in [2.75, 3.05) is 18.9 Å². The number of non-ortho nitro benzene ring substituents is 1. The van der Waals surface area contributed by atoms with Crippen molar-refractivity contribution < 1.29 is 14.1 Å². The predicted molar refractivity (Wildman–Crippen MR) is 64.8 cm³/mol. The molecule has 0 fully saturated rings. The molecule has 0 aromatic heterocycles. The number of rotatable bonds is 5. The first-order chi connectivity index (χ1) is 8.43. The molecule has 6 nitrogen and oxygen atoms in total. The smallest absolute Gasteiger partial charge is 0.274 e. The van der Waals surface area contributed by atoms with Gasteiger partial charge in [-0.3, -0.25) is 14.9 Å². The van der Waals surface area contributed by atoms with Crippen LogP contribution in [0.5, 0.6) is 0 Å². The fraction of sp³-hybridized carbons (Fsp3) is 0.364. The lowest BCUT2D eigenvalue weighted by Crippen LogP contribution is -2.28. The number of nitro benzene ring substituents is 1. The van der Waals surface area contributed by atoms with Crippen molar-refractivity contribution in [3.63, 3.8) is 0 Å². The number of hydrogen-bond acceptors (Lipinski definition) is 4. The van der Waals surface area contributed by atoms with Gasteiger partial charge in [0.25, 0.3) is 5.69 Å². The van der Waals surface area contributed by atoms with Crippen LogP contribution in [-0.2, 0) is 4.79 Å². The van der Waals surface area contributed by atoms with Gasteiger partial charge in [-0.1, -0.05) is 6.92 Å². The Labute approximate surface area is 103 Å². The van der Waals surface area contributed by atoms with E-state index in [0.717, 1.165) is 18.2 Å². The Bertz CT molecular complexity index is 465. The summed E-state index contributed by atoms with van der Waals surface area (Å²) in [6.07, 6.45) is 0. The van der Waals surface area contributed by atoms with Crippen LogP contribution in [0.1, 0.15) is 6.92 Å². The third-order valence-corrected chi connectivity index (χ3v) is 2.32. The van der Waals surface area contributed by atoms with Gasteiger partial charge in [-0.2, -0.15) is 0 Å². The van der Waals surface area contributed by atoms with Crippen LogP contribution in [0.3, 0.4) is 0 Å². The quantitative estimate of drug-likeness (QED) is 0.617. The number of hydrogen-bond donors (Lipinski definition) is 2. The van der Waals surface area contributed by atoms with Crippen molar-refractivity contribution in [1.82, 2.24) is 5.32 Å². The molecule has 0 aliphatic rings. The van der Waals surface area contributed by atoms with Crippen molar-refractivity contribution in [1.29, 1.82) is 0 Å². The minimum absolute atomic E-state index is 0.0784. The van der Waals surface area contributed by atoms with E-state index in [-0.39, 0.29) is 17.5 Å². The van der Waals surface area contributed by atoms with Crippen LogP contribution in [-0.4, -0.2) is 24.4 Å². The van der Waals surface area contributed by atoms with Crippen molar-refractivity contribution in [2.45, 2.75) is 6.92 Å². The second-order valence-corrected chi connectivity index (χ2v) is 3.90. The van der Waals surface area contributed by atoms with Gasteiger partial charge in [0.2, 0.25) is 5.91 Å². The molecular formula is C11H14FN3O3. The van der Waals surface area contributed by atoms with Crippen molar-refractivity contribution in [3.8, 4) is 0 Å². The molecule has 0 aliphatic carbocycles. The van der Waals surface area contributed by atoms with Gasteiger partial charge in [-0.25, -0.2) is 4.39 Å². The van der Waals surface area contributed by atoms with Crippen LogP contribution in [0, 0.1) is 21.8 Å². The van der Waals surface area contributed by atoms with Gasteiger partial charge in [-0.05, 0) is 13.1 Å². The fourth-order valence-corrected chi connectivity index (χ4v) is 1.42. The Morgan fingerprint density at radius 1 is 1.50 bits per heavy atom. The van der Waals surface area contributed by atoms with E-state index < -0.39 is 16.4 Å². The second-order valence-electron chi connectivity index (χ2n) is 3.90. The predicted octanol–water partition coefficient (Wildman–Crippen LogP) is 1.53. The van der Waals surface area contributed by atoms with Gasteiger partial charge in [0.05, 0.1) is 16.7 Å². The van der Waals surface area contributed by atoms with Gasteiger partial charge < -0.3 is 10.6 Å². The highest BCUT2D eigenvalue weighted by atomic mass is 19.1. The lowest BCUT2D eigenvalue weighted by atomic mass is 10.1. The summed E-state index contributed by atoms with van der Waals surface area (Å²) in [6, 6.07) is 2.96. The summed E-state index contributed by atoms with van der Waals surface area (Å²) in [5, 5.41) is 15.8. The molecule has 1 rings (SSSR count). The van der Waals surface area contributed by atoms with Crippen LogP contribution in [0.4, 0.5) is 15.8 Å². The van der Waals surface area contributed by atoms with E-state index in [2.05, 4.69) is 10.6 Å². The van der Waals surface area contributed by atoms with Gasteiger partial charge >= 0.3 is 0 Å². The zero-order valence-electron chi connectivity index (χ0n) is 10.1. The van der Waals surface area contributed by atoms with E-state index in [1.165, 1.54) is 0 Å². The van der Waals surface area contributed by atoms with E-state index in [4.69, 9.17) is 0 Å². The van der Waals surface area contributed by atoms with Gasteiger partial charge in [0.1, 0.15) is 5.82 Å². The highest BCUT2D eigenvalue weighted by molar-refractivity contribution is 5.92. The fourth-order valence-electron chi connectivity index (χ4n) is 1.42. The molecule has 2 N–H and O–H groups in total. The highest BCUT2D eigenvalue weighted by Crippen LogP contribution is 2.20. The molecule has 0 saturated heterocycles. The van der Waals surface area contributed by atoms with Gasteiger partial charge in [0.15, 0.2) is 0 Å². The number of benzene rings is 1. The lowest BCUT2D eigenvalue weighted by molar-refractivity contribution is -0.385.